The number of carbonyl (C=O) groups excluding carboxylic acids is 1. The van der Waals surface area contributed by atoms with E-state index < -0.39 is 7.92 Å². The highest BCUT2D eigenvalue weighted by molar-refractivity contribution is 7.75. The Bertz CT molecular complexity index is 578. The SMILES string of the molecule is CCCCP(CCCC)C(=O)c1cccc2ccccc12. The molecule has 0 aliphatic rings. The van der Waals surface area contributed by atoms with Gasteiger partial charge in [0.2, 0.25) is 0 Å². The smallest absolute Gasteiger partial charge is 0.184 e. The van der Waals surface area contributed by atoms with Crippen LogP contribution in [0.25, 0.3) is 10.8 Å². The van der Waals surface area contributed by atoms with Gasteiger partial charge in [0.15, 0.2) is 5.52 Å². The van der Waals surface area contributed by atoms with Crippen molar-refractivity contribution in [2.45, 2.75) is 39.5 Å². The summed E-state index contributed by atoms with van der Waals surface area (Å²) in [5, 5.41) is 2.29. The van der Waals surface area contributed by atoms with Crippen molar-refractivity contribution in [2.24, 2.45) is 0 Å². The van der Waals surface area contributed by atoms with Gasteiger partial charge >= 0.3 is 0 Å². The Morgan fingerprint density at radius 2 is 1.52 bits per heavy atom. The second-order valence-electron chi connectivity index (χ2n) is 5.53. The zero-order valence-corrected chi connectivity index (χ0v) is 14.0. The van der Waals surface area contributed by atoms with E-state index in [1.54, 1.807) is 0 Å². The molecule has 0 N–H and O–H groups in total. The number of hydrogen-bond donors (Lipinski definition) is 0. The van der Waals surface area contributed by atoms with Gasteiger partial charge in [-0.25, -0.2) is 0 Å². The number of rotatable bonds is 8. The molecule has 1 nitrogen and oxygen atoms in total. The molecule has 0 radical (unpaired) electrons. The highest BCUT2D eigenvalue weighted by atomic mass is 31.1. The molecule has 0 unspecified atom stereocenters. The van der Waals surface area contributed by atoms with Crippen LogP contribution in [-0.4, -0.2) is 17.8 Å². The van der Waals surface area contributed by atoms with Gasteiger partial charge in [-0.3, -0.25) is 4.79 Å². The van der Waals surface area contributed by atoms with E-state index in [0.717, 1.165) is 23.3 Å². The standard InChI is InChI=1S/C19H25OP/c1-3-5-14-21(15-6-4-2)19(20)18-13-9-11-16-10-7-8-12-17(16)18/h7-13H,3-6,14-15H2,1-2H3. The molecule has 0 aromatic heterocycles. The molecule has 0 spiro atoms. The molecule has 0 fully saturated rings. The second kappa shape index (κ2) is 8.29. The van der Waals surface area contributed by atoms with Crippen LogP contribution in [0.5, 0.6) is 0 Å². The summed E-state index contributed by atoms with van der Waals surface area (Å²) in [6.45, 7) is 4.41. The average Bonchev–Trinajstić information content (AvgIpc) is 2.54. The lowest BCUT2D eigenvalue weighted by atomic mass is 10.1. The second-order valence-corrected chi connectivity index (χ2v) is 7.91. The highest BCUT2D eigenvalue weighted by Crippen LogP contribution is 2.42. The quantitative estimate of drug-likeness (QED) is 0.541. The van der Waals surface area contributed by atoms with E-state index in [4.69, 9.17) is 0 Å². The van der Waals surface area contributed by atoms with Crippen molar-refractivity contribution < 1.29 is 4.79 Å². The first-order chi connectivity index (χ1) is 10.3. The molecule has 0 bridgehead atoms. The molecule has 2 aromatic carbocycles. The number of benzene rings is 2. The maximum atomic E-state index is 13.0. The molecule has 2 heteroatoms. The zero-order valence-electron chi connectivity index (χ0n) is 13.1. The number of fused-ring (bicyclic) bond motifs is 1. The predicted octanol–water partition coefficient (Wildman–Crippen LogP) is 6.06. The van der Waals surface area contributed by atoms with E-state index in [9.17, 15) is 4.79 Å². The van der Waals surface area contributed by atoms with Crippen LogP contribution < -0.4 is 0 Å². The molecule has 21 heavy (non-hydrogen) atoms. The van der Waals surface area contributed by atoms with E-state index in [2.05, 4.69) is 32.0 Å². The summed E-state index contributed by atoms with van der Waals surface area (Å²) >= 11 is 0. The third-order valence-electron chi connectivity index (χ3n) is 3.87. The lowest BCUT2D eigenvalue weighted by Crippen LogP contribution is -2.04. The fraction of sp³-hybridized carbons (Fsp3) is 0.421. The van der Waals surface area contributed by atoms with Crippen molar-refractivity contribution in [3.63, 3.8) is 0 Å². The minimum Gasteiger partial charge on any atom is -0.289 e. The fourth-order valence-corrected chi connectivity index (χ4v) is 5.16. The number of unbranched alkanes of at least 4 members (excludes halogenated alkanes) is 2. The van der Waals surface area contributed by atoms with Crippen molar-refractivity contribution in [1.29, 1.82) is 0 Å². The summed E-state index contributed by atoms with van der Waals surface area (Å²) in [7, 11) is -0.522. The van der Waals surface area contributed by atoms with Gasteiger partial charge in [0, 0.05) is 5.56 Å². The number of carbonyl (C=O) groups is 1. The first kappa shape index (κ1) is 16.2. The van der Waals surface area contributed by atoms with Gasteiger partial charge in [-0.1, -0.05) is 69.2 Å². The summed E-state index contributed by atoms with van der Waals surface area (Å²) in [4.78, 5) is 13.0. The van der Waals surface area contributed by atoms with Crippen LogP contribution in [-0.2, 0) is 0 Å². The molecule has 0 aliphatic carbocycles. The maximum absolute atomic E-state index is 13.0. The van der Waals surface area contributed by atoms with Crippen molar-refractivity contribution in [1.82, 2.24) is 0 Å². The third kappa shape index (κ3) is 4.14. The normalized spacial score (nSPS) is 11.2. The molecule has 0 heterocycles. The van der Waals surface area contributed by atoms with Gasteiger partial charge in [0.05, 0.1) is 0 Å². The van der Waals surface area contributed by atoms with Gasteiger partial charge < -0.3 is 0 Å². The molecular weight excluding hydrogens is 275 g/mol. The molecule has 0 saturated heterocycles. The Morgan fingerprint density at radius 1 is 0.905 bits per heavy atom. The van der Waals surface area contributed by atoms with Crippen LogP contribution in [0, 0.1) is 0 Å². The van der Waals surface area contributed by atoms with Gasteiger partial charge in [-0.15, -0.1) is 0 Å². The zero-order chi connectivity index (χ0) is 15.1. The summed E-state index contributed by atoms with van der Waals surface area (Å²) in [6.07, 6.45) is 6.88. The Kier molecular flexibility index (Phi) is 6.39. The molecule has 0 saturated carbocycles. The van der Waals surface area contributed by atoms with E-state index in [-0.39, 0.29) is 0 Å². The maximum Gasteiger partial charge on any atom is 0.184 e. The molecule has 0 aliphatic heterocycles. The van der Waals surface area contributed by atoms with Crippen LogP contribution in [0.3, 0.4) is 0 Å². The van der Waals surface area contributed by atoms with Crippen LogP contribution in [0.1, 0.15) is 49.9 Å². The van der Waals surface area contributed by atoms with Crippen LogP contribution in [0.15, 0.2) is 42.5 Å². The lowest BCUT2D eigenvalue weighted by molar-refractivity contribution is 0.108. The lowest BCUT2D eigenvalue weighted by Gasteiger charge is -2.17. The topological polar surface area (TPSA) is 17.1 Å². The van der Waals surface area contributed by atoms with Gasteiger partial charge in [0.1, 0.15) is 0 Å². The highest BCUT2D eigenvalue weighted by Gasteiger charge is 2.20. The van der Waals surface area contributed by atoms with E-state index in [1.807, 2.05) is 24.3 Å². The van der Waals surface area contributed by atoms with Crippen molar-refractivity contribution in [2.75, 3.05) is 12.3 Å². The van der Waals surface area contributed by atoms with Crippen molar-refractivity contribution in [3.05, 3.63) is 48.0 Å². The van der Waals surface area contributed by atoms with Crippen molar-refractivity contribution >= 4 is 24.2 Å². The Balaban J connectivity index is 2.29. The average molecular weight is 300 g/mol. The Morgan fingerprint density at radius 3 is 2.19 bits per heavy atom. The molecular formula is C19H25OP. The molecule has 0 atom stereocenters. The van der Waals surface area contributed by atoms with Crippen LogP contribution in [0.2, 0.25) is 0 Å². The van der Waals surface area contributed by atoms with Gasteiger partial charge in [0.25, 0.3) is 0 Å². The monoisotopic (exact) mass is 300 g/mol. The summed E-state index contributed by atoms with van der Waals surface area (Å²) < 4.78 is 0. The minimum atomic E-state index is -0.522. The fourth-order valence-electron chi connectivity index (χ4n) is 2.60. The van der Waals surface area contributed by atoms with Crippen LogP contribution >= 0.6 is 7.92 Å². The van der Waals surface area contributed by atoms with Crippen molar-refractivity contribution in [3.8, 4) is 0 Å². The number of hydrogen-bond acceptors (Lipinski definition) is 1. The largest absolute Gasteiger partial charge is 0.289 e. The molecule has 0 amide bonds. The first-order valence-electron chi connectivity index (χ1n) is 8.05. The van der Waals surface area contributed by atoms with E-state index in [0.29, 0.717) is 5.52 Å². The molecule has 2 aromatic rings. The van der Waals surface area contributed by atoms with E-state index in [1.165, 1.54) is 31.1 Å². The molecule has 112 valence electrons. The third-order valence-corrected chi connectivity index (χ3v) is 6.40. The summed E-state index contributed by atoms with van der Waals surface area (Å²) in [5.74, 6) is 0. The van der Waals surface area contributed by atoms with Gasteiger partial charge in [-0.05, 0) is 43.9 Å². The summed E-state index contributed by atoms with van der Waals surface area (Å²) in [6, 6.07) is 14.3. The Hall–Kier alpha value is -1.20. The predicted molar refractivity (Wildman–Crippen MR) is 94.7 cm³/mol. The molecule has 2 rings (SSSR count). The van der Waals surface area contributed by atoms with Gasteiger partial charge in [-0.2, -0.15) is 0 Å². The summed E-state index contributed by atoms with van der Waals surface area (Å²) in [5.41, 5.74) is 1.34. The van der Waals surface area contributed by atoms with E-state index >= 15 is 0 Å². The Labute approximate surface area is 129 Å². The van der Waals surface area contributed by atoms with Crippen LogP contribution in [0.4, 0.5) is 0 Å². The first-order valence-corrected chi connectivity index (χ1v) is 9.76. The minimum absolute atomic E-state index is 0.406.